The van der Waals surface area contributed by atoms with Gasteiger partial charge in [-0.3, -0.25) is 5.32 Å². The summed E-state index contributed by atoms with van der Waals surface area (Å²) in [4.78, 5) is 49.6. The van der Waals surface area contributed by atoms with Crippen molar-refractivity contribution in [1.29, 1.82) is 0 Å². The molecule has 0 aliphatic carbocycles. The second kappa shape index (κ2) is 17.3. The molecule has 0 aromatic heterocycles. The van der Waals surface area contributed by atoms with E-state index in [4.69, 9.17) is 28.4 Å². The summed E-state index contributed by atoms with van der Waals surface area (Å²) in [6, 6.07) is 3.70. The molecule has 0 amide bonds. The minimum atomic E-state index is -2.23. The van der Waals surface area contributed by atoms with E-state index in [1.54, 1.807) is 6.92 Å². The number of hydrogen-bond acceptors (Lipinski definition) is 11. The van der Waals surface area contributed by atoms with Crippen LogP contribution in [0.2, 0.25) is 0 Å². The van der Waals surface area contributed by atoms with Crippen molar-refractivity contribution in [2.75, 3.05) is 19.8 Å². The lowest BCUT2D eigenvalue weighted by molar-refractivity contribution is -0.167. The number of aliphatic carboxylic acids is 1. The lowest BCUT2D eigenvalue weighted by Crippen LogP contribution is -2.59. The van der Waals surface area contributed by atoms with Gasteiger partial charge in [0.1, 0.15) is 0 Å². The molecule has 0 radical (unpaired) electrons. The lowest BCUT2D eigenvalue weighted by Gasteiger charge is -2.33. The summed E-state index contributed by atoms with van der Waals surface area (Å²) < 4.78 is 31.2. The highest BCUT2D eigenvalue weighted by molar-refractivity contribution is 5.80. The SMILES string of the molecule is CCCCOC(=O)Oc1ccc(C[C@](NC(C)CC)(OC(=O)OCC(C)(C)C)C(=O)O)cc1OC(=O)OCCCC. The third-order valence-electron chi connectivity index (χ3n) is 5.60. The zero-order valence-electron chi connectivity index (χ0n) is 25.2. The number of carboxylic acid groups (broad SMARTS) is 1. The highest BCUT2D eigenvalue weighted by atomic mass is 16.8. The summed E-state index contributed by atoms with van der Waals surface area (Å²) >= 11 is 0. The number of ether oxygens (including phenoxy) is 6. The summed E-state index contributed by atoms with van der Waals surface area (Å²) in [6.45, 7) is 13.3. The van der Waals surface area contributed by atoms with Gasteiger partial charge in [0.2, 0.25) is 0 Å². The molecule has 1 aromatic rings. The predicted octanol–water partition coefficient (Wildman–Crippen LogP) is 6.23. The second-order valence-electron chi connectivity index (χ2n) is 10.9. The Morgan fingerprint density at radius 3 is 1.90 bits per heavy atom. The van der Waals surface area contributed by atoms with Gasteiger partial charge in [-0.25, -0.2) is 19.2 Å². The molecule has 0 bridgehead atoms. The van der Waals surface area contributed by atoms with Gasteiger partial charge in [-0.1, -0.05) is 60.5 Å². The second-order valence-corrected chi connectivity index (χ2v) is 10.9. The Bertz CT molecular complexity index is 1000. The normalized spacial score (nSPS) is 13.3. The molecule has 0 fully saturated rings. The van der Waals surface area contributed by atoms with Crippen LogP contribution in [0.3, 0.4) is 0 Å². The quantitative estimate of drug-likeness (QED) is 0.0745. The minimum absolute atomic E-state index is 0.00336. The van der Waals surface area contributed by atoms with Crippen LogP contribution < -0.4 is 14.8 Å². The van der Waals surface area contributed by atoms with Gasteiger partial charge < -0.3 is 33.5 Å². The van der Waals surface area contributed by atoms with Crippen molar-refractivity contribution in [3.8, 4) is 11.5 Å². The average molecular weight is 584 g/mol. The molecular weight excluding hydrogens is 538 g/mol. The Morgan fingerprint density at radius 2 is 1.41 bits per heavy atom. The van der Waals surface area contributed by atoms with Crippen molar-refractivity contribution in [1.82, 2.24) is 5.32 Å². The van der Waals surface area contributed by atoms with Crippen LogP contribution in [0.5, 0.6) is 11.5 Å². The molecule has 0 saturated carbocycles. The average Bonchev–Trinajstić information content (AvgIpc) is 2.88. The van der Waals surface area contributed by atoms with E-state index in [0.717, 1.165) is 12.8 Å². The van der Waals surface area contributed by atoms with Crippen molar-refractivity contribution in [3.05, 3.63) is 23.8 Å². The summed E-state index contributed by atoms with van der Waals surface area (Å²) in [7, 11) is 0. The van der Waals surface area contributed by atoms with Gasteiger partial charge in [0, 0.05) is 12.5 Å². The molecule has 1 rings (SSSR count). The summed E-state index contributed by atoms with van der Waals surface area (Å²) in [6.07, 6.45) is -0.208. The maximum Gasteiger partial charge on any atom is 0.513 e. The van der Waals surface area contributed by atoms with Crippen LogP contribution in [0, 0.1) is 5.41 Å². The monoisotopic (exact) mass is 583 g/mol. The number of carbonyl (C=O) groups is 4. The first kappa shape index (κ1) is 35.5. The van der Waals surface area contributed by atoms with E-state index in [2.05, 4.69) is 5.32 Å². The van der Waals surface area contributed by atoms with Crippen molar-refractivity contribution in [2.24, 2.45) is 5.41 Å². The number of rotatable bonds is 16. The topological polar surface area (TPSA) is 156 Å². The highest BCUT2D eigenvalue weighted by Crippen LogP contribution is 2.31. The van der Waals surface area contributed by atoms with Crippen molar-refractivity contribution >= 4 is 24.4 Å². The molecule has 1 unspecified atom stereocenters. The molecule has 0 aliphatic heterocycles. The summed E-state index contributed by atoms with van der Waals surface area (Å²) in [5, 5.41) is 13.1. The number of hydrogen-bond donors (Lipinski definition) is 2. The van der Waals surface area contributed by atoms with Gasteiger partial charge in [0.05, 0.1) is 19.8 Å². The molecule has 232 valence electrons. The van der Waals surface area contributed by atoms with Crippen LogP contribution in [-0.2, 0) is 30.2 Å². The molecule has 0 saturated heterocycles. The standard InChI is InChI=1S/C29H45NO11/c1-8-11-15-36-25(33)39-22-14-13-21(17-23(22)40-26(34)37-16-12-9-2)18-29(24(31)32,30-20(4)10-3)41-27(35)38-19-28(5,6)7/h13-14,17,20,30H,8-12,15-16,18-19H2,1-7H3,(H,31,32)/t20?,29-/m0/s1. The molecule has 0 spiro atoms. The van der Waals surface area contributed by atoms with E-state index < -0.39 is 30.2 Å². The van der Waals surface area contributed by atoms with Crippen LogP contribution in [0.4, 0.5) is 14.4 Å². The first-order valence-corrected chi connectivity index (χ1v) is 13.9. The number of nitrogens with one attached hydrogen (secondary N) is 1. The van der Waals surface area contributed by atoms with E-state index in [9.17, 15) is 24.3 Å². The molecule has 12 heteroatoms. The molecule has 2 N–H and O–H groups in total. The van der Waals surface area contributed by atoms with Gasteiger partial charge in [0.25, 0.3) is 5.72 Å². The Morgan fingerprint density at radius 1 is 0.854 bits per heavy atom. The fraction of sp³-hybridized carbons (Fsp3) is 0.655. The van der Waals surface area contributed by atoms with Gasteiger partial charge >= 0.3 is 24.4 Å². The third kappa shape index (κ3) is 13.6. The van der Waals surface area contributed by atoms with Crippen molar-refractivity contribution in [2.45, 2.75) is 98.8 Å². The number of carboxylic acids is 1. The van der Waals surface area contributed by atoms with Gasteiger partial charge in [0.15, 0.2) is 11.5 Å². The van der Waals surface area contributed by atoms with Crippen LogP contribution >= 0.6 is 0 Å². The molecule has 0 aliphatic rings. The Kier molecular flexibility index (Phi) is 15.0. The maximum atomic E-state index is 12.6. The van der Waals surface area contributed by atoms with Crippen LogP contribution in [0.25, 0.3) is 0 Å². The van der Waals surface area contributed by atoms with Crippen molar-refractivity contribution < 1.29 is 52.7 Å². The van der Waals surface area contributed by atoms with Gasteiger partial charge in [-0.15, -0.1) is 0 Å². The van der Waals surface area contributed by atoms with E-state index in [-0.39, 0.29) is 54.8 Å². The zero-order chi connectivity index (χ0) is 31.1. The fourth-order valence-electron chi connectivity index (χ4n) is 3.20. The van der Waals surface area contributed by atoms with Crippen LogP contribution in [0.1, 0.15) is 86.1 Å². The Hall–Kier alpha value is -3.54. The zero-order valence-corrected chi connectivity index (χ0v) is 25.2. The van der Waals surface area contributed by atoms with E-state index in [0.29, 0.717) is 19.3 Å². The molecule has 1 aromatic carbocycles. The maximum absolute atomic E-state index is 12.6. The van der Waals surface area contributed by atoms with Crippen LogP contribution in [-0.4, -0.2) is 61.1 Å². The van der Waals surface area contributed by atoms with Gasteiger partial charge in [-0.2, -0.15) is 0 Å². The summed E-state index contributed by atoms with van der Waals surface area (Å²) in [5.74, 6) is -1.83. The first-order valence-electron chi connectivity index (χ1n) is 13.9. The number of benzene rings is 1. The molecule has 41 heavy (non-hydrogen) atoms. The van der Waals surface area contributed by atoms with Gasteiger partial charge in [-0.05, 0) is 49.3 Å². The number of unbranched alkanes of at least 4 members (excludes halogenated alkanes) is 2. The lowest BCUT2D eigenvalue weighted by atomic mass is 9.99. The third-order valence-corrected chi connectivity index (χ3v) is 5.60. The smallest absolute Gasteiger partial charge is 0.477 e. The fourth-order valence-corrected chi connectivity index (χ4v) is 3.20. The van der Waals surface area contributed by atoms with E-state index in [1.165, 1.54) is 18.2 Å². The minimum Gasteiger partial charge on any atom is -0.477 e. The molecule has 2 atom stereocenters. The Labute approximate surface area is 241 Å². The van der Waals surface area contributed by atoms with E-state index in [1.807, 2.05) is 41.5 Å². The summed E-state index contributed by atoms with van der Waals surface area (Å²) in [5.41, 5.74) is -2.33. The molecule has 0 heterocycles. The number of carbonyl (C=O) groups excluding carboxylic acids is 3. The molecule has 12 nitrogen and oxygen atoms in total. The largest absolute Gasteiger partial charge is 0.513 e. The highest BCUT2D eigenvalue weighted by Gasteiger charge is 2.45. The van der Waals surface area contributed by atoms with E-state index >= 15 is 0 Å². The first-order chi connectivity index (χ1) is 19.2. The Balaban J connectivity index is 3.37. The van der Waals surface area contributed by atoms with Crippen molar-refractivity contribution in [3.63, 3.8) is 0 Å². The predicted molar refractivity (Wildman–Crippen MR) is 149 cm³/mol. The molecular formula is C29H45NO11. The van der Waals surface area contributed by atoms with Crippen LogP contribution in [0.15, 0.2) is 18.2 Å².